The molecular formula is C20H24ClFN2O3. The summed E-state index contributed by atoms with van der Waals surface area (Å²) in [5.74, 6) is 0.685. The van der Waals surface area contributed by atoms with Crippen LogP contribution in [0.2, 0.25) is 5.02 Å². The van der Waals surface area contributed by atoms with Crippen LogP contribution >= 0.6 is 11.6 Å². The minimum atomic E-state index is -0.447. The first-order valence-corrected chi connectivity index (χ1v) is 9.11. The first-order chi connectivity index (χ1) is 13.0. The first kappa shape index (κ1) is 21.0. The van der Waals surface area contributed by atoms with Gasteiger partial charge < -0.3 is 14.8 Å². The van der Waals surface area contributed by atoms with Crippen molar-refractivity contribution in [2.75, 3.05) is 32.1 Å². The molecule has 0 fully saturated rings. The molecule has 0 saturated carbocycles. The monoisotopic (exact) mass is 394 g/mol. The van der Waals surface area contributed by atoms with Gasteiger partial charge in [0.15, 0.2) is 11.5 Å². The fraction of sp³-hybridized carbons (Fsp3) is 0.350. The number of ether oxygens (including phenoxy) is 2. The van der Waals surface area contributed by atoms with Crippen molar-refractivity contribution in [2.24, 2.45) is 0 Å². The van der Waals surface area contributed by atoms with Crippen molar-refractivity contribution in [3.05, 3.63) is 52.8 Å². The van der Waals surface area contributed by atoms with Crippen LogP contribution in [0.15, 0.2) is 36.4 Å². The topological polar surface area (TPSA) is 50.8 Å². The number of carbonyl (C=O) groups excluding carboxylic acids is 1. The van der Waals surface area contributed by atoms with Crippen molar-refractivity contribution in [1.82, 2.24) is 4.90 Å². The summed E-state index contributed by atoms with van der Waals surface area (Å²) in [6, 6.07) is 9.59. The van der Waals surface area contributed by atoms with Gasteiger partial charge in [-0.05, 0) is 49.4 Å². The van der Waals surface area contributed by atoms with Crippen LogP contribution < -0.4 is 14.8 Å². The second-order valence-corrected chi connectivity index (χ2v) is 6.30. The number of likely N-dealkylation sites (N-methyl/N-ethyl adjacent to an activating group) is 1. The number of amides is 1. The molecule has 0 unspecified atom stereocenters. The molecule has 2 aromatic rings. The lowest BCUT2D eigenvalue weighted by molar-refractivity contribution is -0.117. The quantitative estimate of drug-likeness (QED) is 0.687. The molecule has 0 saturated heterocycles. The number of nitrogens with zero attached hydrogens (tertiary/aromatic N) is 1. The van der Waals surface area contributed by atoms with Crippen LogP contribution in [0.25, 0.3) is 0 Å². The summed E-state index contributed by atoms with van der Waals surface area (Å²) in [5, 5.41) is 2.88. The Bertz CT molecular complexity index is 786. The fourth-order valence-electron chi connectivity index (χ4n) is 2.61. The molecule has 1 amide bonds. The fourth-order valence-corrected chi connectivity index (χ4v) is 2.82. The number of hydrogen-bond acceptors (Lipinski definition) is 4. The minimum absolute atomic E-state index is 0.169. The predicted molar refractivity (Wildman–Crippen MR) is 105 cm³/mol. The molecule has 5 nitrogen and oxygen atoms in total. The van der Waals surface area contributed by atoms with Gasteiger partial charge >= 0.3 is 0 Å². The Morgan fingerprint density at radius 3 is 2.59 bits per heavy atom. The van der Waals surface area contributed by atoms with E-state index in [1.54, 1.807) is 7.11 Å². The van der Waals surface area contributed by atoms with Crippen LogP contribution in [0.5, 0.6) is 11.5 Å². The van der Waals surface area contributed by atoms with Crippen LogP contribution in [0.4, 0.5) is 10.1 Å². The van der Waals surface area contributed by atoms with E-state index >= 15 is 0 Å². The van der Waals surface area contributed by atoms with Gasteiger partial charge in [-0.15, -0.1) is 0 Å². The highest BCUT2D eigenvalue weighted by Crippen LogP contribution is 2.28. The zero-order chi connectivity index (χ0) is 19.8. The molecule has 0 aromatic heterocycles. The molecule has 7 heteroatoms. The Morgan fingerprint density at radius 2 is 1.96 bits per heavy atom. The van der Waals surface area contributed by atoms with Crippen LogP contribution in [-0.2, 0) is 11.3 Å². The number of nitrogens with one attached hydrogen (secondary N) is 1. The van der Waals surface area contributed by atoms with Gasteiger partial charge in [-0.2, -0.15) is 0 Å². The van der Waals surface area contributed by atoms with Crippen LogP contribution in [-0.4, -0.2) is 37.6 Å². The summed E-state index contributed by atoms with van der Waals surface area (Å²) >= 11 is 5.95. The molecule has 0 aliphatic rings. The number of anilines is 1. The van der Waals surface area contributed by atoms with Crippen LogP contribution in [0, 0.1) is 5.82 Å². The highest BCUT2D eigenvalue weighted by molar-refractivity contribution is 6.33. The highest BCUT2D eigenvalue weighted by atomic mass is 35.5. The Morgan fingerprint density at radius 1 is 1.19 bits per heavy atom. The maximum absolute atomic E-state index is 13.1. The molecule has 27 heavy (non-hydrogen) atoms. The highest BCUT2D eigenvalue weighted by Gasteiger charge is 2.13. The number of halogens is 2. The number of benzene rings is 2. The molecule has 0 aliphatic heterocycles. The third-order valence-corrected chi connectivity index (χ3v) is 4.27. The second-order valence-electron chi connectivity index (χ2n) is 5.89. The summed E-state index contributed by atoms with van der Waals surface area (Å²) in [4.78, 5) is 14.3. The minimum Gasteiger partial charge on any atom is -0.493 e. The third kappa shape index (κ3) is 6.12. The molecule has 1 N–H and O–H groups in total. The van der Waals surface area contributed by atoms with E-state index in [0.29, 0.717) is 36.9 Å². The van der Waals surface area contributed by atoms with Crippen molar-refractivity contribution in [3.8, 4) is 11.5 Å². The largest absolute Gasteiger partial charge is 0.493 e. The molecule has 0 atom stereocenters. The lowest BCUT2D eigenvalue weighted by Gasteiger charge is -2.21. The molecular weight excluding hydrogens is 371 g/mol. The number of methoxy groups -OCH3 is 1. The SMILES string of the molecule is CCOc1ccc(CN(CC)CC(=O)Nc2ccc(F)cc2Cl)cc1OC. The van der Waals surface area contributed by atoms with Crippen molar-refractivity contribution in [1.29, 1.82) is 0 Å². The summed E-state index contributed by atoms with van der Waals surface area (Å²) in [7, 11) is 1.60. The number of rotatable bonds is 9. The van der Waals surface area contributed by atoms with Gasteiger partial charge in [0.05, 0.1) is 31.0 Å². The first-order valence-electron chi connectivity index (χ1n) is 8.73. The van der Waals surface area contributed by atoms with E-state index in [4.69, 9.17) is 21.1 Å². The second kappa shape index (κ2) is 10.1. The molecule has 146 valence electrons. The van der Waals surface area contributed by atoms with Crippen LogP contribution in [0.1, 0.15) is 19.4 Å². The van der Waals surface area contributed by atoms with Gasteiger partial charge in [-0.3, -0.25) is 9.69 Å². The Kier molecular flexibility index (Phi) is 7.88. The van der Waals surface area contributed by atoms with Gasteiger partial charge in [-0.1, -0.05) is 24.6 Å². The van der Waals surface area contributed by atoms with E-state index in [1.807, 2.05) is 36.9 Å². The molecule has 2 rings (SSSR count). The van der Waals surface area contributed by atoms with E-state index in [0.717, 1.165) is 5.56 Å². The van der Waals surface area contributed by atoms with Gasteiger partial charge in [0.25, 0.3) is 0 Å². The Balaban J connectivity index is 2.01. The zero-order valence-electron chi connectivity index (χ0n) is 15.7. The van der Waals surface area contributed by atoms with E-state index in [2.05, 4.69) is 5.32 Å². The summed E-state index contributed by atoms with van der Waals surface area (Å²) in [6.45, 7) is 5.88. The van der Waals surface area contributed by atoms with Gasteiger partial charge in [0.2, 0.25) is 5.91 Å². The van der Waals surface area contributed by atoms with Crippen molar-refractivity contribution >= 4 is 23.2 Å². The molecule has 2 aromatic carbocycles. The normalized spacial score (nSPS) is 10.7. The lowest BCUT2D eigenvalue weighted by atomic mass is 10.2. The average Bonchev–Trinajstić information content (AvgIpc) is 2.64. The zero-order valence-corrected chi connectivity index (χ0v) is 16.5. The number of hydrogen-bond donors (Lipinski definition) is 1. The molecule has 0 heterocycles. The van der Waals surface area contributed by atoms with Crippen molar-refractivity contribution < 1.29 is 18.7 Å². The maximum atomic E-state index is 13.1. The van der Waals surface area contributed by atoms with E-state index < -0.39 is 5.82 Å². The standard InChI is InChI=1S/C20H24ClFN2O3/c1-4-24(12-14-6-9-18(27-5-2)19(10-14)26-3)13-20(25)23-17-8-7-15(22)11-16(17)21/h6-11H,4-5,12-13H2,1-3H3,(H,23,25). The van der Waals surface area contributed by atoms with E-state index in [-0.39, 0.29) is 17.5 Å². The summed E-state index contributed by atoms with van der Waals surface area (Å²) < 4.78 is 24.0. The third-order valence-electron chi connectivity index (χ3n) is 3.95. The van der Waals surface area contributed by atoms with Crippen molar-refractivity contribution in [3.63, 3.8) is 0 Å². The van der Waals surface area contributed by atoms with Gasteiger partial charge in [-0.25, -0.2) is 4.39 Å². The lowest BCUT2D eigenvalue weighted by Crippen LogP contribution is -2.32. The summed E-state index contributed by atoms with van der Waals surface area (Å²) in [6.07, 6.45) is 0. The van der Waals surface area contributed by atoms with Gasteiger partial charge in [0.1, 0.15) is 5.82 Å². The van der Waals surface area contributed by atoms with E-state index in [9.17, 15) is 9.18 Å². The maximum Gasteiger partial charge on any atom is 0.238 e. The number of carbonyl (C=O) groups is 1. The van der Waals surface area contributed by atoms with Crippen molar-refractivity contribution in [2.45, 2.75) is 20.4 Å². The Hall–Kier alpha value is -2.31. The molecule has 0 aliphatic carbocycles. The van der Waals surface area contributed by atoms with Crippen LogP contribution in [0.3, 0.4) is 0 Å². The molecule has 0 bridgehead atoms. The van der Waals surface area contributed by atoms with E-state index in [1.165, 1.54) is 18.2 Å². The summed E-state index contributed by atoms with van der Waals surface area (Å²) in [5.41, 5.74) is 1.40. The smallest absolute Gasteiger partial charge is 0.238 e. The van der Waals surface area contributed by atoms with Gasteiger partial charge in [0, 0.05) is 6.54 Å². The average molecular weight is 395 g/mol. The molecule has 0 spiro atoms. The predicted octanol–water partition coefficient (Wildman–Crippen LogP) is 4.35. The Labute approximate surface area is 164 Å². The molecule has 0 radical (unpaired) electrons.